The molecule has 0 aliphatic heterocycles. The summed E-state index contributed by atoms with van der Waals surface area (Å²) < 4.78 is 7.54. The first kappa shape index (κ1) is 21.2. The quantitative estimate of drug-likeness (QED) is 0.246. The molecule has 5 heteroatoms. The fourth-order valence-corrected chi connectivity index (χ4v) is 3.86. The maximum absolute atomic E-state index is 13.3. The molecule has 0 radical (unpaired) electrons. The van der Waals surface area contributed by atoms with Gasteiger partial charge in [0.1, 0.15) is 18.1 Å². The zero-order valence-electron chi connectivity index (χ0n) is 18.3. The van der Waals surface area contributed by atoms with E-state index < -0.39 is 11.7 Å². The Morgan fingerprint density at radius 1 is 0.765 bits per heavy atom. The van der Waals surface area contributed by atoms with E-state index in [4.69, 9.17) is 4.74 Å². The SMILES string of the molecule is O=C(Nc1ccc(OCc2ccccc2)cc1)C(=O)c1c(-c2ccccc2)cc2ccccn12. The topological polar surface area (TPSA) is 59.8 Å². The van der Waals surface area contributed by atoms with E-state index in [0.29, 0.717) is 23.7 Å². The molecule has 0 saturated carbocycles. The highest BCUT2D eigenvalue weighted by molar-refractivity contribution is 6.47. The van der Waals surface area contributed by atoms with E-state index >= 15 is 0 Å². The van der Waals surface area contributed by atoms with E-state index in [1.807, 2.05) is 84.9 Å². The fourth-order valence-electron chi connectivity index (χ4n) is 3.86. The predicted molar refractivity (Wildman–Crippen MR) is 133 cm³/mol. The lowest BCUT2D eigenvalue weighted by Crippen LogP contribution is -2.24. The van der Waals surface area contributed by atoms with Crippen LogP contribution in [0.2, 0.25) is 0 Å². The number of aromatic nitrogens is 1. The van der Waals surface area contributed by atoms with Crippen LogP contribution in [0.3, 0.4) is 0 Å². The second-order valence-corrected chi connectivity index (χ2v) is 7.85. The molecule has 0 bridgehead atoms. The van der Waals surface area contributed by atoms with Gasteiger partial charge in [0.15, 0.2) is 0 Å². The molecule has 34 heavy (non-hydrogen) atoms. The van der Waals surface area contributed by atoms with E-state index in [1.54, 1.807) is 34.9 Å². The van der Waals surface area contributed by atoms with Crippen LogP contribution in [0, 0.1) is 0 Å². The molecular weight excluding hydrogens is 424 g/mol. The van der Waals surface area contributed by atoms with Crippen LogP contribution in [0.5, 0.6) is 5.75 Å². The number of nitrogens with one attached hydrogen (secondary N) is 1. The number of anilines is 1. The third kappa shape index (κ3) is 4.45. The van der Waals surface area contributed by atoms with E-state index in [0.717, 1.165) is 22.2 Å². The summed E-state index contributed by atoms with van der Waals surface area (Å²) in [5.74, 6) is -0.620. The average molecular weight is 447 g/mol. The highest BCUT2D eigenvalue weighted by atomic mass is 16.5. The molecule has 3 aromatic carbocycles. The van der Waals surface area contributed by atoms with Crippen molar-refractivity contribution in [2.24, 2.45) is 0 Å². The minimum atomic E-state index is -0.695. The molecule has 0 aliphatic carbocycles. The summed E-state index contributed by atoms with van der Waals surface area (Å²) in [7, 11) is 0. The number of carbonyl (C=O) groups excluding carboxylic acids is 2. The molecule has 0 saturated heterocycles. The molecule has 5 aromatic rings. The summed E-state index contributed by atoms with van der Waals surface area (Å²) in [6, 6.07) is 34.0. The second-order valence-electron chi connectivity index (χ2n) is 7.85. The van der Waals surface area contributed by atoms with E-state index in [-0.39, 0.29) is 0 Å². The Kier molecular flexibility index (Phi) is 5.91. The largest absolute Gasteiger partial charge is 0.489 e. The van der Waals surface area contributed by atoms with Gasteiger partial charge in [0.05, 0.1) is 0 Å². The number of Topliss-reactive ketones (excluding diaryl/α,β-unsaturated/α-hetero) is 1. The van der Waals surface area contributed by atoms with Gasteiger partial charge in [-0.25, -0.2) is 0 Å². The summed E-state index contributed by atoms with van der Waals surface area (Å²) in [5.41, 5.74) is 4.37. The first-order valence-electron chi connectivity index (χ1n) is 11.0. The molecule has 5 rings (SSSR count). The van der Waals surface area contributed by atoms with Gasteiger partial charge in [-0.3, -0.25) is 9.59 Å². The van der Waals surface area contributed by atoms with Crippen LogP contribution in [0.25, 0.3) is 16.6 Å². The van der Waals surface area contributed by atoms with Crippen LogP contribution in [-0.4, -0.2) is 16.1 Å². The van der Waals surface area contributed by atoms with Crippen molar-refractivity contribution in [2.45, 2.75) is 6.61 Å². The highest BCUT2D eigenvalue weighted by Gasteiger charge is 2.24. The van der Waals surface area contributed by atoms with Gasteiger partial charge in [-0.15, -0.1) is 0 Å². The Bertz CT molecular complexity index is 1440. The Hall–Kier alpha value is -4.64. The zero-order valence-corrected chi connectivity index (χ0v) is 18.3. The van der Waals surface area contributed by atoms with Crippen LogP contribution in [0.1, 0.15) is 16.1 Å². The van der Waals surface area contributed by atoms with Crippen LogP contribution < -0.4 is 10.1 Å². The van der Waals surface area contributed by atoms with E-state index in [9.17, 15) is 9.59 Å². The predicted octanol–water partition coefficient (Wildman–Crippen LogP) is 6.01. The smallest absolute Gasteiger partial charge is 0.298 e. The van der Waals surface area contributed by atoms with Crippen LogP contribution >= 0.6 is 0 Å². The van der Waals surface area contributed by atoms with Crippen LogP contribution in [0.15, 0.2) is 115 Å². The monoisotopic (exact) mass is 446 g/mol. The van der Waals surface area contributed by atoms with Gasteiger partial charge in [0.2, 0.25) is 0 Å². The minimum Gasteiger partial charge on any atom is -0.489 e. The minimum absolute atomic E-state index is 0.335. The standard InChI is InChI=1S/C29H22N2O3/c32-28(27-26(22-11-5-2-6-12-22)19-24-13-7-8-18-31(24)27)29(33)30-23-14-16-25(17-15-23)34-20-21-9-3-1-4-10-21/h1-19H,20H2,(H,30,33). The Balaban J connectivity index is 1.34. The number of rotatable bonds is 7. The number of amides is 1. The molecule has 0 atom stereocenters. The number of carbonyl (C=O) groups is 2. The molecule has 0 fully saturated rings. The first-order chi connectivity index (χ1) is 16.7. The molecule has 2 aromatic heterocycles. The maximum Gasteiger partial charge on any atom is 0.298 e. The van der Waals surface area contributed by atoms with Crippen molar-refractivity contribution in [3.63, 3.8) is 0 Å². The average Bonchev–Trinajstić information content (AvgIpc) is 3.28. The highest BCUT2D eigenvalue weighted by Crippen LogP contribution is 2.28. The number of hydrogen-bond acceptors (Lipinski definition) is 3. The van der Waals surface area contributed by atoms with Crippen molar-refractivity contribution in [3.8, 4) is 16.9 Å². The van der Waals surface area contributed by atoms with Gasteiger partial charge < -0.3 is 14.5 Å². The number of pyridine rings is 1. The van der Waals surface area contributed by atoms with E-state index in [1.165, 1.54) is 0 Å². The number of ether oxygens (including phenoxy) is 1. The van der Waals surface area contributed by atoms with Gasteiger partial charge in [-0.05, 0) is 53.6 Å². The number of nitrogens with zero attached hydrogens (tertiary/aromatic N) is 1. The van der Waals surface area contributed by atoms with Gasteiger partial charge in [-0.1, -0.05) is 66.7 Å². The molecule has 1 amide bonds. The lowest BCUT2D eigenvalue weighted by molar-refractivity contribution is -0.112. The van der Waals surface area contributed by atoms with Crippen molar-refractivity contribution < 1.29 is 14.3 Å². The number of benzene rings is 3. The molecule has 0 unspecified atom stereocenters. The normalized spacial score (nSPS) is 10.7. The Labute approximate surface area is 197 Å². The Morgan fingerprint density at radius 2 is 1.44 bits per heavy atom. The fraction of sp³-hybridized carbons (Fsp3) is 0.0345. The third-order valence-corrected chi connectivity index (χ3v) is 5.55. The maximum atomic E-state index is 13.3. The van der Waals surface area contributed by atoms with Gasteiger partial charge in [-0.2, -0.15) is 0 Å². The molecule has 2 heterocycles. The zero-order chi connectivity index (χ0) is 23.3. The first-order valence-corrected chi connectivity index (χ1v) is 11.0. The molecule has 1 N–H and O–H groups in total. The van der Waals surface area contributed by atoms with Crippen molar-refractivity contribution >= 4 is 22.9 Å². The van der Waals surface area contributed by atoms with E-state index in [2.05, 4.69) is 5.32 Å². The van der Waals surface area contributed by atoms with Crippen molar-refractivity contribution in [1.82, 2.24) is 4.40 Å². The number of fused-ring (bicyclic) bond motifs is 1. The summed E-state index contributed by atoms with van der Waals surface area (Å²) in [6.45, 7) is 0.453. The van der Waals surface area contributed by atoms with Crippen LogP contribution in [0.4, 0.5) is 5.69 Å². The number of ketones is 1. The molecule has 166 valence electrons. The van der Waals surface area contributed by atoms with Gasteiger partial charge in [0, 0.05) is 23.0 Å². The van der Waals surface area contributed by atoms with Crippen molar-refractivity contribution in [3.05, 3.63) is 127 Å². The molecule has 0 aliphatic rings. The molecular formula is C29H22N2O3. The lowest BCUT2D eigenvalue weighted by Gasteiger charge is -2.09. The van der Waals surface area contributed by atoms with Gasteiger partial charge >= 0.3 is 0 Å². The second kappa shape index (κ2) is 9.46. The summed E-state index contributed by atoms with van der Waals surface area (Å²) in [4.78, 5) is 26.2. The van der Waals surface area contributed by atoms with Gasteiger partial charge in [0.25, 0.3) is 11.7 Å². The molecule has 5 nitrogen and oxygen atoms in total. The van der Waals surface area contributed by atoms with Crippen molar-refractivity contribution in [1.29, 1.82) is 0 Å². The Morgan fingerprint density at radius 3 is 2.18 bits per heavy atom. The molecule has 0 spiro atoms. The van der Waals surface area contributed by atoms with Crippen LogP contribution in [-0.2, 0) is 11.4 Å². The third-order valence-electron chi connectivity index (χ3n) is 5.55. The lowest BCUT2D eigenvalue weighted by atomic mass is 10.0. The summed E-state index contributed by atoms with van der Waals surface area (Å²) >= 11 is 0. The number of hydrogen-bond donors (Lipinski definition) is 1. The summed E-state index contributed by atoms with van der Waals surface area (Å²) in [5, 5.41) is 2.72. The summed E-state index contributed by atoms with van der Waals surface area (Å²) in [6.07, 6.45) is 1.79. The van der Waals surface area contributed by atoms with Crippen molar-refractivity contribution in [2.75, 3.05) is 5.32 Å².